The molecule has 1 aromatic rings. The van der Waals surface area contributed by atoms with Crippen LogP contribution in [0.1, 0.15) is 22.8 Å². The molecule has 0 aliphatic carbocycles. The predicted molar refractivity (Wildman–Crippen MR) is 76.2 cm³/mol. The zero-order chi connectivity index (χ0) is 16.0. The van der Waals surface area contributed by atoms with Crippen molar-refractivity contribution >= 4 is 23.0 Å². The molecule has 4 N–H and O–H groups in total. The van der Waals surface area contributed by atoms with Crippen LogP contribution in [0.5, 0.6) is 0 Å². The van der Waals surface area contributed by atoms with Gasteiger partial charge in [0.05, 0.1) is 5.75 Å². The fraction of sp³-hybridized carbons (Fsp3) is 0.333. The monoisotopic (exact) mass is 319 g/mol. The Morgan fingerprint density at radius 1 is 1.48 bits per heavy atom. The highest BCUT2D eigenvalue weighted by atomic mass is 32.3. The van der Waals surface area contributed by atoms with E-state index < -0.39 is 27.9 Å². The second kappa shape index (κ2) is 4.93. The van der Waals surface area contributed by atoms with Crippen molar-refractivity contribution in [2.24, 2.45) is 10.7 Å². The SMILES string of the molecule is CN1C(N)=N[C@](C)(c2cc(C=O)cc(F)c2F)CS1(O)O. The summed E-state index contributed by atoms with van der Waals surface area (Å²) in [7, 11) is -1.98. The predicted octanol–water partition coefficient (Wildman–Crippen LogP) is 1.92. The van der Waals surface area contributed by atoms with E-state index in [4.69, 9.17) is 5.73 Å². The van der Waals surface area contributed by atoms with Crippen molar-refractivity contribution in [2.45, 2.75) is 12.5 Å². The van der Waals surface area contributed by atoms with Gasteiger partial charge in [-0.2, -0.15) is 0 Å². The van der Waals surface area contributed by atoms with Gasteiger partial charge in [-0.05, 0) is 19.1 Å². The Balaban J connectivity index is 2.65. The molecule has 0 spiro atoms. The molecule has 0 saturated heterocycles. The fourth-order valence-electron chi connectivity index (χ4n) is 2.19. The van der Waals surface area contributed by atoms with Gasteiger partial charge in [-0.15, -0.1) is 10.8 Å². The Labute approximate surface area is 121 Å². The van der Waals surface area contributed by atoms with E-state index in [-0.39, 0.29) is 22.8 Å². The summed E-state index contributed by atoms with van der Waals surface area (Å²) in [6.45, 7) is 1.40. The van der Waals surface area contributed by atoms with Crippen LogP contribution in [0.4, 0.5) is 8.78 Å². The maximum absolute atomic E-state index is 14.1. The lowest BCUT2D eigenvalue weighted by molar-refractivity contribution is 0.112. The van der Waals surface area contributed by atoms with Gasteiger partial charge in [-0.3, -0.25) is 13.9 Å². The van der Waals surface area contributed by atoms with Crippen LogP contribution in [-0.2, 0) is 5.54 Å². The van der Waals surface area contributed by atoms with Crippen LogP contribution >= 0.6 is 10.8 Å². The highest BCUT2D eigenvalue weighted by Crippen LogP contribution is 2.51. The molecule has 0 bridgehead atoms. The van der Waals surface area contributed by atoms with Crippen molar-refractivity contribution in [3.05, 3.63) is 34.9 Å². The summed E-state index contributed by atoms with van der Waals surface area (Å²) in [6.07, 6.45) is 0.370. The molecular weight excluding hydrogens is 304 g/mol. The van der Waals surface area contributed by atoms with E-state index in [0.717, 1.165) is 16.4 Å². The van der Waals surface area contributed by atoms with Gasteiger partial charge in [0.15, 0.2) is 11.6 Å². The number of carbonyl (C=O) groups excluding carboxylic acids is 1. The van der Waals surface area contributed by atoms with Gasteiger partial charge < -0.3 is 5.73 Å². The number of halogens is 2. The average molecular weight is 319 g/mol. The molecule has 116 valence electrons. The van der Waals surface area contributed by atoms with Crippen LogP contribution in [0.2, 0.25) is 0 Å². The first-order valence-electron chi connectivity index (χ1n) is 5.90. The van der Waals surface area contributed by atoms with Crippen molar-refractivity contribution in [2.75, 3.05) is 12.8 Å². The molecule has 1 aliphatic heterocycles. The quantitative estimate of drug-likeness (QED) is 0.723. The minimum atomic E-state index is -3.32. The van der Waals surface area contributed by atoms with E-state index in [1.165, 1.54) is 14.0 Å². The molecule has 1 aromatic carbocycles. The number of nitrogens with two attached hydrogens (primary N) is 1. The number of nitrogens with zero attached hydrogens (tertiary/aromatic N) is 2. The van der Waals surface area contributed by atoms with Crippen LogP contribution in [0.3, 0.4) is 0 Å². The van der Waals surface area contributed by atoms with Crippen LogP contribution in [0, 0.1) is 11.6 Å². The highest BCUT2D eigenvalue weighted by molar-refractivity contribution is 8.22. The summed E-state index contributed by atoms with van der Waals surface area (Å²) >= 11 is 0. The minimum Gasteiger partial charge on any atom is -0.369 e. The minimum absolute atomic E-state index is 0.0747. The molecule has 9 heteroatoms. The molecule has 0 fully saturated rings. The number of aliphatic imine (C=N–C) groups is 1. The molecule has 0 saturated carbocycles. The third-order valence-corrected chi connectivity index (χ3v) is 5.38. The molecule has 0 unspecified atom stereocenters. The van der Waals surface area contributed by atoms with E-state index >= 15 is 0 Å². The van der Waals surface area contributed by atoms with E-state index in [2.05, 4.69) is 4.99 Å². The van der Waals surface area contributed by atoms with Gasteiger partial charge in [0.1, 0.15) is 11.8 Å². The van der Waals surface area contributed by atoms with Crippen LogP contribution < -0.4 is 5.73 Å². The molecule has 1 atom stereocenters. The molecule has 1 heterocycles. The molecule has 6 nitrogen and oxygen atoms in total. The Hall–Kier alpha value is -1.71. The van der Waals surface area contributed by atoms with Crippen molar-refractivity contribution in [3.63, 3.8) is 0 Å². The standard InChI is InChI=1S/C12H15F2N3O3S/c1-12(6-21(19,20)17(2)11(15)16-12)8-3-7(5-18)4-9(13)10(8)14/h3-5,19-20H,6H2,1-2H3,(H2,15,16)/t12-/m0/s1. The van der Waals surface area contributed by atoms with E-state index in [1.807, 2.05) is 0 Å². The first-order valence-corrected chi connectivity index (χ1v) is 7.58. The van der Waals surface area contributed by atoms with Crippen LogP contribution in [0.15, 0.2) is 17.1 Å². The number of carbonyl (C=O) groups is 1. The average Bonchev–Trinajstić information content (AvgIpc) is 2.38. The maximum atomic E-state index is 14.1. The normalized spacial score (nSPS) is 26.2. The number of guanidine groups is 1. The lowest BCUT2D eigenvalue weighted by Gasteiger charge is -2.49. The summed E-state index contributed by atoms with van der Waals surface area (Å²) in [5.74, 6) is -2.98. The van der Waals surface area contributed by atoms with E-state index in [0.29, 0.717) is 6.29 Å². The molecule has 0 amide bonds. The van der Waals surface area contributed by atoms with E-state index in [1.54, 1.807) is 0 Å². The summed E-state index contributed by atoms with van der Waals surface area (Å²) in [4.78, 5) is 14.8. The summed E-state index contributed by atoms with van der Waals surface area (Å²) in [6, 6.07) is 1.89. The highest BCUT2D eigenvalue weighted by Gasteiger charge is 2.42. The number of aldehydes is 1. The lowest BCUT2D eigenvalue weighted by atomic mass is 9.92. The topological polar surface area (TPSA) is 99.2 Å². The molecule has 1 aliphatic rings. The smallest absolute Gasteiger partial charge is 0.210 e. The van der Waals surface area contributed by atoms with Gasteiger partial charge >= 0.3 is 0 Å². The number of hydrogen-bond acceptors (Lipinski definition) is 6. The van der Waals surface area contributed by atoms with Gasteiger partial charge in [0.2, 0.25) is 5.96 Å². The van der Waals surface area contributed by atoms with Crippen LogP contribution in [0.25, 0.3) is 0 Å². The van der Waals surface area contributed by atoms with Crippen molar-refractivity contribution in [3.8, 4) is 0 Å². The third kappa shape index (κ3) is 2.59. The van der Waals surface area contributed by atoms with Gasteiger partial charge in [-0.1, -0.05) is 0 Å². The Kier molecular flexibility index (Phi) is 3.68. The van der Waals surface area contributed by atoms with Gasteiger partial charge in [0, 0.05) is 18.2 Å². The Morgan fingerprint density at radius 2 is 2.10 bits per heavy atom. The molecule has 2 rings (SSSR count). The molecule has 21 heavy (non-hydrogen) atoms. The molecule has 0 aromatic heterocycles. The summed E-state index contributed by atoms with van der Waals surface area (Å²) in [5, 5.41) is 0. The molecular formula is C12H15F2N3O3S. The Bertz CT molecular complexity index is 638. The first-order chi connectivity index (χ1) is 9.60. The van der Waals surface area contributed by atoms with Crippen molar-refractivity contribution in [1.82, 2.24) is 4.31 Å². The second-order valence-electron chi connectivity index (χ2n) is 5.00. The zero-order valence-corrected chi connectivity index (χ0v) is 12.2. The van der Waals surface area contributed by atoms with Crippen molar-refractivity contribution in [1.29, 1.82) is 0 Å². The third-order valence-electron chi connectivity index (χ3n) is 3.36. The zero-order valence-electron chi connectivity index (χ0n) is 11.4. The summed E-state index contributed by atoms with van der Waals surface area (Å²) in [5.41, 5.74) is 3.81. The molecule has 0 radical (unpaired) electrons. The van der Waals surface area contributed by atoms with Crippen LogP contribution in [-0.4, -0.2) is 38.5 Å². The number of benzene rings is 1. The van der Waals surface area contributed by atoms with E-state index in [9.17, 15) is 22.7 Å². The van der Waals surface area contributed by atoms with Gasteiger partial charge in [0.25, 0.3) is 0 Å². The first kappa shape index (κ1) is 15.7. The van der Waals surface area contributed by atoms with Gasteiger partial charge in [-0.25, -0.2) is 18.1 Å². The fourth-order valence-corrected chi connectivity index (χ4v) is 3.70. The maximum Gasteiger partial charge on any atom is 0.210 e. The number of hydrogen-bond donors (Lipinski definition) is 3. The number of rotatable bonds is 2. The lowest BCUT2D eigenvalue weighted by Crippen LogP contribution is -2.48. The summed E-state index contributed by atoms with van der Waals surface area (Å²) < 4.78 is 48.7. The second-order valence-corrected chi connectivity index (χ2v) is 7.10. The Morgan fingerprint density at radius 3 is 2.62 bits per heavy atom. The van der Waals surface area contributed by atoms with Crippen molar-refractivity contribution < 1.29 is 22.7 Å². The largest absolute Gasteiger partial charge is 0.369 e.